The molecule has 0 bridgehead atoms. The number of hydrogen-bond acceptors (Lipinski definition) is 3. The van der Waals surface area contributed by atoms with E-state index < -0.39 is 10.0 Å². The first-order valence-electron chi connectivity index (χ1n) is 9.59. The number of halogens is 3. The van der Waals surface area contributed by atoms with Gasteiger partial charge in [0.05, 0.1) is 27.0 Å². The molecule has 1 saturated heterocycles. The summed E-state index contributed by atoms with van der Waals surface area (Å²) in [6, 6.07) is 13.0. The summed E-state index contributed by atoms with van der Waals surface area (Å²) in [7, 11) is -3.76. The minimum atomic E-state index is -3.76. The van der Waals surface area contributed by atoms with Crippen LogP contribution in [0.2, 0.25) is 15.1 Å². The molecular formula is C21H23Cl3N2O3S. The zero-order valence-electron chi connectivity index (χ0n) is 16.5. The SMILES string of the molecule is CS(=O)(=O)N(CC(=O)N1CCC(Cc2ccccc2)CC1)c1cc(Cl)c(Cl)cc1Cl. The summed E-state index contributed by atoms with van der Waals surface area (Å²) in [5, 5.41) is 0.494. The standard InChI is InChI=1S/C21H23Cl3N2O3S/c1-30(28,29)26(20-13-18(23)17(22)12-19(20)24)14-21(27)25-9-7-16(8-10-25)11-15-5-3-2-4-6-15/h2-6,12-13,16H,7-11,14H2,1H3. The van der Waals surface area contributed by atoms with Crippen molar-refractivity contribution in [3.8, 4) is 0 Å². The average molecular weight is 490 g/mol. The van der Waals surface area contributed by atoms with Gasteiger partial charge in [0.1, 0.15) is 6.54 Å². The van der Waals surface area contributed by atoms with E-state index in [1.807, 2.05) is 18.2 Å². The lowest BCUT2D eigenvalue weighted by molar-refractivity contribution is -0.130. The van der Waals surface area contributed by atoms with Gasteiger partial charge in [0.25, 0.3) is 0 Å². The van der Waals surface area contributed by atoms with Gasteiger partial charge in [-0.05, 0) is 42.9 Å². The quantitative estimate of drug-likeness (QED) is 0.543. The normalized spacial score (nSPS) is 15.3. The summed E-state index contributed by atoms with van der Waals surface area (Å²) in [4.78, 5) is 14.6. The number of likely N-dealkylation sites (tertiary alicyclic amines) is 1. The fourth-order valence-electron chi connectivity index (χ4n) is 3.64. The van der Waals surface area contributed by atoms with Crippen LogP contribution in [0.25, 0.3) is 0 Å². The molecule has 0 aliphatic carbocycles. The average Bonchev–Trinajstić information content (AvgIpc) is 2.69. The van der Waals surface area contributed by atoms with Gasteiger partial charge in [-0.3, -0.25) is 9.10 Å². The Balaban J connectivity index is 1.67. The molecular weight excluding hydrogens is 467 g/mol. The van der Waals surface area contributed by atoms with Crippen LogP contribution in [0, 0.1) is 5.92 Å². The van der Waals surface area contributed by atoms with E-state index in [0.29, 0.717) is 19.0 Å². The van der Waals surface area contributed by atoms with Crippen LogP contribution in [-0.2, 0) is 21.2 Å². The Morgan fingerprint density at radius 1 is 1.03 bits per heavy atom. The van der Waals surface area contributed by atoms with Gasteiger partial charge in [0.2, 0.25) is 15.9 Å². The number of hydrogen-bond donors (Lipinski definition) is 0. The molecule has 5 nitrogen and oxygen atoms in total. The van der Waals surface area contributed by atoms with E-state index in [2.05, 4.69) is 12.1 Å². The maximum atomic E-state index is 12.9. The predicted molar refractivity (Wildman–Crippen MR) is 123 cm³/mol. The van der Waals surface area contributed by atoms with E-state index in [1.54, 1.807) is 4.90 Å². The summed E-state index contributed by atoms with van der Waals surface area (Å²) >= 11 is 18.2. The number of sulfonamides is 1. The zero-order valence-corrected chi connectivity index (χ0v) is 19.6. The number of rotatable bonds is 6. The second-order valence-electron chi connectivity index (χ2n) is 7.50. The molecule has 1 heterocycles. The maximum Gasteiger partial charge on any atom is 0.243 e. The Bertz CT molecular complexity index is 1010. The van der Waals surface area contributed by atoms with Gasteiger partial charge < -0.3 is 4.90 Å². The van der Waals surface area contributed by atoms with Crippen LogP contribution in [0.1, 0.15) is 18.4 Å². The second kappa shape index (κ2) is 9.77. The van der Waals surface area contributed by atoms with E-state index in [0.717, 1.165) is 29.8 Å². The highest BCUT2D eigenvalue weighted by Gasteiger charge is 2.28. The van der Waals surface area contributed by atoms with Crippen LogP contribution < -0.4 is 4.31 Å². The molecule has 0 atom stereocenters. The number of anilines is 1. The van der Waals surface area contributed by atoms with Gasteiger partial charge in [-0.2, -0.15) is 0 Å². The van der Waals surface area contributed by atoms with Crippen molar-refractivity contribution in [1.29, 1.82) is 0 Å². The third-order valence-corrected chi connectivity index (χ3v) is 7.42. The Kier molecular flexibility index (Phi) is 7.56. The molecule has 30 heavy (non-hydrogen) atoms. The van der Waals surface area contributed by atoms with E-state index in [4.69, 9.17) is 34.8 Å². The number of nitrogens with zero attached hydrogens (tertiary/aromatic N) is 2. The van der Waals surface area contributed by atoms with Crippen molar-refractivity contribution in [3.05, 3.63) is 63.1 Å². The van der Waals surface area contributed by atoms with Crippen LogP contribution in [0.15, 0.2) is 42.5 Å². The lowest BCUT2D eigenvalue weighted by Gasteiger charge is -2.34. The van der Waals surface area contributed by atoms with Crippen molar-refractivity contribution in [3.63, 3.8) is 0 Å². The first-order valence-corrected chi connectivity index (χ1v) is 12.6. The highest BCUT2D eigenvalue weighted by atomic mass is 35.5. The Labute approximate surface area is 192 Å². The summed E-state index contributed by atoms with van der Waals surface area (Å²) < 4.78 is 25.7. The number of benzene rings is 2. The van der Waals surface area contributed by atoms with E-state index in [-0.39, 0.29) is 33.2 Å². The third kappa shape index (κ3) is 5.82. The van der Waals surface area contributed by atoms with Crippen molar-refractivity contribution in [2.75, 3.05) is 30.2 Å². The molecule has 3 rings (SSSR count). The maximum absolute atomic E-state index is 12.9. The summed E-state index contributed by atoms with van der Waals surface area (Å²) in [6.07, 6.45) is 3.78. The van der Waals surface area contributed by atoms with Gasteiger partial charge in [-0.1, -0.05) is 65.1 Å². The lowest BCUT2D eigenvalue weighted by Crippen LogP contribution is -2.46. The fraction of sp³-hybridized carbons (Fsp3) is 0.381. The van der Waals surface area contributed by atoms with Crippen LogP contribution >= 0.6 is 34.8 Å². The molecule has 1 aliphatic heterocycles. The monoisotopic (exact) mass is 488 g/mol. The van der Waals surface area contributed by atoms with Crippen molar-refractivity contribution < 1.29 is 13.2 Å². The van der Waals surface area contributed by atoms with Gasteiger partial charge in [0, 0.05) is 13.1 Å². The number of piperidine rings is 1. The molecule has 162 valence electrons. The first kappa shape index (κ1) is 23.2. The van der Waals surface area contributed by atoms with E-state index >= 15 is 0 Å². The molecule has 1 aliphatic rings. The highest BCUT2D eigenvalue weighted by Crippen LogP contribution is 2.35. The van der Waals surface area contributed by atoms with Crippen molar-refractivity contribution in [1.82, 2.24) is 4.90 Å². The molecule has 1 fully saturated rings. The summed E-state index contributed by atoms with van der Waals surface area (Å²) in [6.45, 7) is 0.867. The van der Waals surface area contributed by atoms with E-state index in [1.165, 1.54) is 17.7 Å². The summed E-state index contributed by atoms with van der Waals surface area (Å²) in [5.41, 5.74) is 1.43. The minimum absolute atomic E-state index is 0.115. The van der Waals surface area contributed by atoms with Crippen molar-refractivity contribution >= 4 is 56.4 Å². The Morgan fingerprint density at radius 3 is 2.23 bits per heavy atom. The highest BCUT2D eigenvalue weighted by molar-refractivity contribution is 7.92. The van der Waals surface area contributed by atoms with Crippen LogP contribution in [0.5, 0.6) is 0 Å². The van der Waals surface area contributed by atoms with Crippen molar-refractivity contribution in [2.45, 2.75) is 19.3 Å². The lowest BCUT2D eigenvalue weighted by atomic mass is 9.90. The largest absolute Gasteiger partial charge is 0.341 e. The smallest absolute Gasteiger partial charge is 0.243 e. The molecule has 0 N–H and O–H groups in total. The first-order chi connectivity index (χ1) is 14.1. The van der Waals surface area contributed by atoms with Gasteiger partial charge in [-0.15, -0.1) is 0 Å². The fourth-order valence-corrected chi connectivity index (χ4v) is 5.19. The molecule has 2 aromatic carbocycles. The number of carbonyl (C=O) groups excluding carboxylic acids is 1. The summed E-state index contributed by atoms with van der Waals surface area (Å²) in [5.74, 6) is 0.243. The van der Waals surface area contributed by atoms with Crippen LogP contribution in [0.4, 0.5) is 5.69 Å². The van der Waals surface area contributed by atoms with Crippen LogP contribution in [0.3, 0.4) is 0 Å². The molecule has 1 amide bonds. The third-order valence-electron chi connectivity index (χ3n) is 5.27. The molecule has 0 spiro atoms. The zero-order chi connectivity index (χ0) is 21.9. The van der Waals surface area contributed by atoms with Gasteiger partial charge >= 0.3 is 0 Å². The second-order valence-corrected chi connectivity index (χ2v) is 10.6. The molecule has 0 unspecified atom stereocenters. The predicted octanol–water partition coefficient (Wildman–Crippen LogP) is 4.89. The topological polar surface area (TPSA) is 57.7 Å². The number of carbonyl (C=O) groups is 1. The van der Waals surface area contributed by atoms with Crippen LogP contribution in [-0.4, -0.2) is 45.1 Å². The van der Waals surface area contributed by atoms with E-state index in [9.17, 15) is 13.2 Å². The number of amides is 1. The molecule has 2 aromatic rings. The Hall–Kier alpha value is -1.47. The van der Waals surface area contributed by atoms with Gasteiger partial charge in [0.15, 0.2) is 0 Å². The molecule has 9 heteroatoms. The molecule has 0 radical (unpaired) electrons. The van der Waals surface area contributed by atoms with Gasteiger partial charge in [-0.25, -0.2) is 8.42 Å². The molecule has 0 saturated carbocycles. The Morgan fingerprint density at radius 2 is 1.63 bits per heavy atom. The van der Waals surface area contributed by atoms with Crippen molar-refractivity contribution in [2.24, 2.45) is 5.92 Å². The minimum Gasteiger partial charge on any atom is -0.341 e. The molecule has 0 aromatic heterocycles.